The van der Waals surface area contributed by atoms with Crippen LogP contribution in [0.15, 0.2) is 30.3 Å². The average molecular weight is 233 g/mol. The highest BCUT2D eigenvalue weighted by Gasteiger charge is 2.01. The van der Waals surface area contributed by atoms with E-state index < -0.39 is 5.97 Å². The monoisotopic (exact) mass is 233 g/mol. The van der Waals surface area contributed by atoms with Crippen LogP contribution in [0.25, 0.3) is 5.57 Å². The van der Waals surface area contributed by atoms with Gasteiger partial charge in [-0.2, -0.15) is 0 Å². The summed E-state index contributed by atoms with van der Waals surface area (Å²) in [6, 6.07) is 7.06. The summed E-state index contributed by atoms with van der Waals surface area (Å²) >= 11 is 0. The minimum Gasteiger partial charge on any atom is -0.478 e. The molecule has 0 heterocycles. The van der Waals surface area contributed by atoms with E-state index >= 15 is 0 Å². The number of carbonyl (C=O) groups is 2. The Labute approximate surface area is 100.0 Å². The fourth-order valence-electron chi connectivity index (χ4n) is 1.33. The Balaban J connectivity index is 2.81. The van der Waals surface area contributed by atoms with Gasteiger partial charge in [0.15, 0.2) is 0 Å². The smallest absolute Gasteiger partial charge is 0.328 e. The fourth-order valence-corrected chi connectivity index (χ4v) is 1.33. The van der Waals surface area contributed by atoms with Crippen molar-refractivity contribution in [2.75, 3.05) is 5.32 Å². The number of rotatable bonds is 4. The zero-order valence-electron chi connectivity index (χ0n) is 9.86. The Hall–Kier alpha value is -2.10. The number of benzene rings is 1. The highest BCUT2D eigenvalue weighted by atomic mass is 16.4. The molecule has 0 spiro atoms. The maximum absolute atomic E-state index is 11.1. The van der Waals surface area contributed by atoms with Crippen molar-refractivity contribution >= 4 is 23.1 Å². The van der Waals surface area contributed by atoms with Gasteiger partial charge in [-0.1, -0.05) is 19.1 Å². The van der Waals surface area contributed by atoms with Crippen LogP contribution < -0.4 is 5.32 Å². The van der Waals surface area contributed by atoms with Crippen molar-refractivity contribution < 1.29 is 14.7 Å². The van der Waals surface area contributed by atoms with Crippen molar-refractivity contribution in [3.8, 4) is 0 Å². The number of hydrogen-bond donors (Lipinski definition) is 2. The zero-order valence-corrected chi connectivity index (χ0v) is 9.86. The first-order valence-electron chi connectivity index (χ1n) is 5.34. The zero-order chi connectivity index (χ0) is 12.8. The van der Waals surface area contributed by atoms with E-state index in [0.29, 0.717) is 17.7 Å². The number of aliphatic carboxylic acids is 1. The van der Waals surface area contributed by atoms with Gasteiger partial charge >= 0.3 is 5.97 Å². The first-order chi connectivity index (χ1) is 8.02. The van der Waals surface area contributed by atoms with Crippen LogP contribution in [0.5, 0.6) is 0 Å². The topological polar surface area (TPSA) is 66.4 Å². The van der Waals surface area contributed by atoms with E-state index in [4.69, 9.17) is 5.11 Å². The number of amides is 1. The number of carbonyl (C=O) groups excluding carboxylic acids is 1. The lowest BCUT2D eigenvalue weighted by atomic mass is 10.1. The molecular weight excluding hydrogens is 218 g/mol. The lowest BCUT2D eigenvalue weighted by Gasteiger charge is -2.05. The van der Waals surface area contributed by atoms with Crippen molar-refractivity contribution in [1.29, 1.82) is 0 Å². The van der Waals surface area contributed by atoms with Crippen LogP contribution in [-0.2, 0) is 9.59 Å². The molecule has 1 aromatic rings. The molecule has 90 valence electrons. The predicted octanol–water partition coefficient (Wildman–Crippen LogP) is 2.52. The van der Waals surface area contributed by atoms with E-state index in [1.807, 2.05) is 0 Å². The van der Waals surface area contributed by atoms with Gasteiger partial charge in [0.05, 0.1) is 0 Å². The highest BCUT2D eigenvalue weighted by molar-refractivity contribution is 5.91. The summed E-state index contributed by atoms with van der Waals surface area (Å²) in [6.07, 6.45) is 1.58. The minimum absolute atomic E-state index is 0.0458. The molecule has 0 aliphatic rings. The molecule has 0 aliphatic carbocycles. The molecule has 0 atom stereocenters. The number of carboxylic acids is 1. The molecule has 4 nitrogen and oxygen atoms in total. The molecule has 4 heteroatoms. The summed E-state index contributed by atoms with van der Waals surface area (Å²) in [5, 5.41) is 11.3. The van der Waals surface area contributed by atoms with Crippen LogP contribution in [0.2, 0.25) is 0 Å². The molecule has 0 aliphatic heterocycles. The lowest BCUT2D eigenvalue weighted by Crippen LogP contribution is -2.09. The molecular formula is C13H15NO3. The third-order valence-electron chi connectivity index (χ3n) is 2.29. The molecule has 0 saturated heterocycles. The second-order valence-electron chi connectivity index (χ2n) is 3.64. The third-order valence-corrected chi connectivity index (χ3v) is 2.29. The molecule has 2 N–H and O–H groups in total. The quantitative estimate of drug-likeness (QED) is 0.785. The lowest BCUT2D eigenvalue weighted by molar-refractivity contribution is -0.131. The molecule has 0 bridgehead atoms. The molecule has 0 fully saturated rings. The Kier molecular flexibility index (Phi) is 4.46. The number of allylic oxidation sites excluding steroid dienone is 1. The Bertz CT molecular complexity index is 446. The maximum Gasteiger partial charge on any atom is 0.328 e. The Morgan fingerprint density at radius 3 is 2.35 bits per heavy atom. The number of anilines is 1. The molecule has 1 amide bonds. The first-order valence-corrected chi connectivity index (χ1v) is 5.34. The van der Waals surface area contributed by atoms with Gasteiger partial charge in [0, 0.05) is 18.2 Å². The van der Waals surface area contributed by atoms with E-state index in [-0.39, 0.29) is 5.91 Å². The number of nitrogens with one attached hydrogen (secondary N) is 1. The van der Waals surface area contributed by atoms with Crippen molar-refractivity contribution in [2.45, 2.75) is 20.3 Å². The van der Waals surface area contributed by atoms with Gasteiger partial charge in [-0.05, 0) is 30.2 Å². The van der Waals surface area contributed by atoms with E-state index in [1.165, 1.54) is 0 Å². The fraction of sp³-hybridized carbons (Fsp3) is 0.231. The number of hydrogen-bond acceptors (Lipinski definition) is 2. The van der Waals surface area contributed by atoms with E-state index in [0.717, 1.165) is 11.6 Å². The maximum atomic E-state index is 11.1. The average Bonchev–Trinajstić information content (AvgIpc) is 2.28. The SMILES string of the molecule is CCC(=O)Nc1ccc(/C(C)=C/C(=O)O)cc1. The van der Waals surface area contributed by atoms with Crippen LogP contribution in [0, 0.1) is 0 Å². The molecule has 17 heavy (non-hydrogen) atoms. The minimum atomic E-state index is -0.967. The summed E-state index contributed by atoms with van der Waals surface area (Å²) in [5.74, 6) is -1.01. The van der Waals surface area contributed by atoms with Crippen molar-refractivity contribution in [1.82, 2.24) is 0 Å². The standard InChI is InChI=1S/C13H15NO3/c1-3-12(15)14-11-6-4-10(5-7-11)9(2)8-13(16)17/h4-8H,3H2,1-2H3,(H,14,15)(H,16,17)/b9-8+. The summed E-state index contributed by atoms with van der Waals surface area (Å²) < 4.78 is 0. The van der Waals surface area contributed by atoms with E-state index in [9.17, 15) is 9.59 Å². The van der Waals surface area contributed by atoms with Gasteiger partial charge in [-0.25, -0.2) is 4.79 Å². The van der Waals surface area contributed by atoms with Crippen LogP contribution in [0.3, 0.4) is 0 Å². The van der Waals surface area contributed by atoms with Gasteiger partial charge in [-0.15, -0.1) is 0 Å². The Morgan fingerprint density at radius 1 is 1.29 bits per heavy atom. The van der Waals surface area contributed by atoms with Crippen LogP contribution in [0.1, 0.15) is 25.8 Å². The van der Waals surface area contributed by atoms with Crippen LogP contribution in [0.4, 0.5) is 5.69 Å². The summed E-state index contributed by atoms with van der Waals surface area (Å²) in [6.45, 7) is 3.51. The molecule has 0 aromatic heterocycles. The molecule has 1 rings (SSSR count). The van der Waals surface area contributed by atoms with Gasteiger partial charge in [0.2, 0.25) is 5.91 Å². The second kappa shape index (κ2) is 5.84. The van der Waals surface area contributed by atoms with Gasteiger partial charge in [0.1, 0.15) is 0 Å². The van der Waals surface area contributed by atoms with Crippen molar-refractivity contribution in [3.05, 3.63) is 35.9 Å². The molecule has 0 saturated carbocycles. The van der Waals surface area contributed by atoms with E-state index in [2.05, 4.69) is 5.32 Å². The summed E-state index contributed by atoms with van der Waals surface area (Å²) in [5.41, 5.74) is 2.21. The van der Waals surface area contributed by atoms with Crippen LogP contribution >= 0.6 is 0 Å². The number of carboxylic acid groups (broad SMARTS) is 1. The predicted molar refractivity (Wildman–Crippen MR) is 66.6 cm³/mol. The molecule has 0 radical (unpaired) electrons. The normalized spacial score (nSPS) is 11.1. The van der Waals surface area contributed by atoms with Crippen molar-refractivity contribution in [2.24, 2.45) is 0 Å². The molecule has 0 unspecified atom stereocenters. The highest BCUT2D eigenvalue weighted by Crippen LogP contribution is 2.16. The second-order valence-corrected chi connectivity index (χ2v) is 3.64. The third kappa shape index (κ3) is 4.10. The summed E-state index contributed by atoms with van der Waals surface area (Å²) in [4.78, 5) is 21.6. The van der Waals surface area contributed by atoms with Crippen molar-refractivity contribution in [3.63, 3.8) is 0 Å². The van der Waals surface area contributed by atoms with Gasteiger partial charge in [0.25, 0.3) is 0 Å². The molecule has 1 aromatic carbocycles. The summed E-state index contributed by atoms with van der Waals surface area (Å²) in [7, 11) is 0. The Morgan fingerprint density at radius 2 is 1.88 bits per heavy atom. The first kappa shape index (κ1) is 13.0. The van der Waals surface area contributed by atoms with Gasteiger partial charge < -0.3 is 10.4 Å². The van der Waals surface area contributed by atoms with E-state index in [1.54, 1.807) is 38.1 Å². The largest absolute Gasteiger partial charge is 0.478 e. The van der Waals surface area contributed by atoms with Gasteiger partial charge in [-0.3, -0.25) is 4.79 Å². The van der Waals surface area contributed by atoms with Crippen LogP contribution in [-0.4, -0.2) is 17.0 Å².